The lowest BCUT2D eigenvalue weighted by atomic mass is 9.96. The van der Waals surface area contributed by atoms with Crippen LogP contribution in [-0.4, -0.2) is 29.9 Å². The van der Waals surface area contributed by atoms with Crippen LogP contribution in [0.3, 0.4) is 0 Å². The van der Waals surface area contributed by atoms with Crippen molar-refractivity contribution in [2.45, 2.75) is 19.3 Å². The maximum atomic E-state index is 12.6. The van der Waals surface area contributed by atoms with Crippen molar-refractivity contribution in [2.75, 3.05) is 23.3 Å². The average molecular weight is 410 g/mol. The number of oxazole rings is 1. The third-order valence-electron chi connectivity index (χ3n) is 5.04. The Morgan fingerprint density at radius 3 is 2.72 bits per heavy atom. The van der Waals surface area contributed by atoms with E-state index >= 15 is 0 Å². The van der Waals surface area contributed by atoms with E-state index in [1.165, 1.54) is 17.6 Å². The van der Waals surface area contributed by atoms with Crippen LogP contribution in [0, 0.1) is 5.92 Å². The zero-order valence-corrected chi connectivity index (χ0v) is 16.7. The molecule has 1 aliphatic rings. The summed E-state index contributed by atoms with van der Waals surface area (Å²) in [7, 11) is 0. The van der Waals surface area contributed by atoms with Crippen LogP contribution in [0.15, 0.2) is 52.5 Å². The number of aromatic nitrogens is 1. The fraction of sp³-hybridized carbons (Fsp3) is 0.286. The van der Waals surface area contributed by atoms with Crippen molar-refractivity contribution in [3.8, 4) is 10.8 Å². The summed E-state index contributed by atoms with van der Waals surface area (Å²) in [6.45, 7) is 1.46. The maximum absolute atomic E-state index is 12.6. The van der Waals surface area contributed by atoms with E-state index in [-0.39, 0.29) is 24.2 Å². The zero-order chi connectivity index (χ0) is 20.2. The molecule has 0 aliphatic carbocycles. The van der Waals surface area contributed by atoms with Gasteiger partial charge in [0.15, 0.2) is 0 Å². The highest BCUT2D eigenvalue weighted by atomic mass is 32.1. The predicted octanol–water partition coefficient (Wildman–Crippen LogP) is 3.29. The summed E-state index contributed by atoms with van der Waals surface area (Å²) in [6.07, 6.45) is 3.10. The van der Waals surface area contributed by atoms with Crippen LogP contribution in [-0.2, 0) is 16.0 Å². The molecule has 1 fully saturated rings. The molecule has 7 nitrogen and oxygen atoms in total. The Balaban J connectivity index is 1.41. The summed E-state index contributed by atoms with van der Waals surface area (Å²) < 4.78 is 5.48. The van der Waals surface area contributed by atoms with Crippen LogP contribution in [0.25, 0.3) is 10.8 Å². The number of nitrogens with zero attached hydrogens (tertiary/aromatic N) is 2. The molecule has 8 heteroatoms. The molecule has 0 radical (unpaired) electrons. The van der Waals surface area contributed by atoms with Gasteiger partial charge in [-0.2, -0.15) is 0 Å². The molecular weight excluding hydrogens is 388 g/mol. The Morgan fingerprint density at radius 2 is 2.00 bits per heavy atom. The van der Waals surface area contributed by atoms with E-state index in [0.717, 1.165) is 42.2 Å². The van der Waals surface area contributed by atoms with Gasteiger partial charge in [0.2, 0.25) is 17.7 Å². The number of hydrogen-bond acceptors (Lipinski definition) is 6. The van der Waals surface area contributed by atoms with Gasteiger partial charge in [-0.25, -0.2) is 4.98 Å². The van der Waals surface area contributed by atoms with Crippen molar-refractivity contribution in [3.63, 3.8) is 0 Å². The van der Waals surface area contributed by atoms with Gasteiger partial charge < -0.3 is 20.4 Å². The van der Waals surface area contributed by atoms with Gasteiger partial charge in [-0.05, 0) is 36.4 Å². The summed E-state index contributed by atoms with van der Waals surface area (Å²) in [5.74, 6) is 0.0644. The van der Waals surface area contributed by atoms with Crippen LogP contribution in [0.4, 0.5) is 11.4 Å². The number of amides is 2. The van der Waals surface area contributed by atoms with Gasteiger partial charge in [0.1, 0.15) is 6.26 Å². The van der Waals surface area contributed by atoms with Crippen molar-refractivity contribution in [3.05, 3.63) is 53.7 Å². The molecule has 3 heterocycles. The number of thiophene rings is 1. The molecule has 0 bridgehead atoms. The summed E-state index contributed by atoms with van der Waals surface area (Å²) >= 11 is 1.54. The molecule has 0 unspecified atom stereocenters. The summed E-state index contributed by atoms with van der Waals surface area (Å²) in [4.78, 5) is 31.5. The van der Waals surface area contributed by atoms with Crippen molar-refractivity contribution in [2.24, 2.45) is 11.7 Å². The van der Waals surface area contributed by atoms with E-state index < -0.39 is 0 Å². The van der Waals surface area contributed by atoms with Crippen LogP contribution in [0.5, 0.6) is 0 Å². The van der Waals surface area contributed by atoms with Crippen molar-refractivity contribution < 1.29 is 14.0 Å². The highest BCUT2D eigenvalue weighted by Gasteiger charge is 2.24. The minimum atomic E-state index is -0.235. The summed E-state index contributed by atoms with van der Waals surface area (Å²) in [5.41, 5.74) is 7.71. The van der Waals surface area contributed by atoms with Gasteiger partial charge in [0.25, 0.3) is 0 Å². The van der Waals surface area contributed by atoms with Gasteiger partial charge in [-0.3, -0.25) is 9.59 Å². The van der Waals surface area contributed by atoms with Crippen molar-refractivity contribution in [1.82, 2.24) is 4.98 Å². The first kappa shape index (κ1) is 19.2. The summed E-state index contributed by atoms with van der Waals surface area (Å²) in [6, 6.07) is 11.5. The molecule has 0 spiro atoms. The van der Waals surface area contributed by atoms with Crippen LogP contribution < -0.4 is 16.0 Å². The molecule has 3 N–H and O–H groups in total. The molecule has 0 atom stereocenters. The third-order valence-corrected chi connectivity index (χ3v) is 5.90. The first-order valence-electron chi connectivity index (χ1n) is 9.51. The Labute approximate surface area is 172 Å². The summed E-state index contributed by atoms with van der Waals surface area (Å²) in [5, 5.41) is 4.94. The predicted molar refractivity (Wildman–Crippen MR) is 113 cm³/mol. The molecule has 150 valence electrons. The number of nitrogens with two attached hydrogens (primary N) is 1. The zero-order valence-electron chi connectivity index (χ0n) is 15.8. The largest absolute Gasteiger partial charge is 0.444 e. The second-order valence-corrected chi connectivity index (χ2v) is 7.97. The maximum Gasteiger partial charge on any atom is 0.236 e. The smallest absolute Gasteiger partial charge is 0.236 e. The Morgan fingerprint density at radius 1 is 1.21 bits per heavy atom. The number of piperidine rings is 1. The number of para-hydroxylation sites is 2. The number of nitrogens with one attached hydrogen (secondary N) is 1. The molecule has 2 aromatic heterocycles. The van der Waals surface area contributed by atoms with Crippen molar-refractivity contribution >= 4 is 34.5 Å². The van der Waals surface area contributed by atoms with Gasteiger partial charge in [-0.15, -0.1) is 11.3 Å². The van der Waals surface area contributed by atoms with E-state index in [1.54, 1.807) is 0 Å². The quantitative estimate of drug-likeness (QED) is 0.649. The molecule has 4 rings (SSSR count). The number of anilines is 2. The molecular formula is C21H22N4O3S. The fourth-order valence-electron chi connectivity index (χ4n) is 3.52. The number of rotatable bonds is 6. The monoisotopic (exact) mass is 410 g/mol. The minimum Gasteiger partial charge on any atom is -0.444 e. The molecule has 1 saturated heterocycles. The highest BCUT2D eigenvalue weighted by Crippen LogP contribution is 2.30. The van der Waals surface area contributed by atoms with Gasteiger partial charge in [0.05, 0.1) is 28.4 Å². The Bertz CT molecular complexity index is 991. The molecule has 2 amide bonds. The lowest BCUT2D eigenvalue weighted by Crippen LogP contribution is -2.38. The Kier molecular flexibility index (Phi) is 5.62. The van der Waals surface area contributed by atoms with Crippen LogP contribution in [0.1, 0.15) is 18.5 Å². The van der Waals surface area contributed by atoms with E-state index in [4.69, 9.17) is 10.2 Å². The molecule has 3 aromatic rings. The lowest BCUT2D eigenvalue weighted by Gasteiger charge is -2.33. The topological polar surface area (TPSA) is 101 Å². The standard InChI is InChI=1S/C21H22N4O3S/c22-20(27)14-7-9-25(10-8-14)17-5-2-1-4-16(17)24-19(26)12-15-13-28-21(23-15)18-6-3-11-29-18/h1-6,11,13-14H,7-10,12H2,(H2,22,27)(H,24,26). The second kappa shape index (κ2) is 8.48. The molecule has 29 heavy (non-hydrogen) atoms. The number of primary amides is 1. The lowest BCUT2D eigenvalue weighted by molar-refractivity contribution is -0.122. The van der Waals surface area contributed by atoms with Crippen molar-refractivity contribution in [1.29, 1.82) is 0 Å². The Hall–Kier alpha value is -3.13. The highest BCUT2D eigenvalue weighted by molar-refractivity contribution is 7.13. The molecule has 1 aliphatic heterocycles. The first-order valence-corrected chi connectivity index (χ1v) is 10.4. The number of carbonyl (C=O) groups is 2. The third kappa shape index (κ3) is 4.48. The van der Waals surface area contributed by atoms with Crippen LogP contribution >= 0.6 is 11.3 Å². The first-order chi connectivity index (χ1) is 14.1. The normalized spacial score (nSPS) is 14.7. The van der Waals surface area contributed by atoms with E-state index in [1.807, 2.05) is 41.8 Å². The minimum absolute atomic E-state index is 0.0716. The average Bonchev–Trinajstić information content (AvgIpc) is 3.40. The van der Waals surface area contributed by atoms with E-state index in [9.17, 15) is 9.59 Å². The van der Waals surface area contributed by atoms with Gasteiger partial charge in [0, 0.05) is 19.0 Å². The second-order valence-electron chi connectivity index (χ2n) is 7.03. The van der Waals surface area contributed by atoms with E-state index in [2.05, 4.69) is 15.2 Å². The molecule has 1 aromatic carbocycles. The fourth-order valence-corrected chi connectivity index (χ4v) is 4.18. The SMILES string of the molecule is NC(=O)C1CCN(c2ccccc2NC(=O)Cc2coc(-c3cccs3)n2)CC1. The van der Waals surface area contributed by atoms with E-state index in [0.29, 0.717) is 11.6 Å². The van der Waals surface area contributed by atoms with Gasteiger partial charge >= 0.3 is 0 Å². The van der Waals surface area contributed by atoms with Gasteiger partial charge in [-0.1, -0.05) is 18.2 Å². The number of hydrogen-bond donors (Lipinski definition) is 2. The van der Waals surface area contributed by atoms with Crippen LogP contribution in [0.2, 0.25) is 0 Å². The molecule has 0 saturated carbocycles. The number of benzene rings is 1. The number of carbonyl (C=O) groups excluding carboxylic acids is 2.